The average Bonchev–Trinajstić information content (AvgIpc) is 2.98. The van der Waals surface area contributed by atoms with E-state index in [1.807, 2.05) is 34.7 Å². The van der Waals surface area contributed by atoms with E-state index in [0.29, 0.717) is 16.8 Å². The van der Waals surface area contributed by atoms with Gasteiger partial charge in [0.15, 0.2) is 5.82 Å². The number of carbonyl (C=O) groups excluding carboxylic acids is 1. The molecule has 1 aromatic carbocycles. The van der Waals surface area contributed by atoms with Crippen LogP contribution >= 0.6 is 11.6 Å². The third-order valence-electron chi connectivity index (χ3n) is 5.30. The predicted octanol–water partition coefficient (Wildman–Crippen LogP) is 4.01. The van der Waals surface area contributed by atoms with Crippen molar-refractivity contribution in [3.63, 3.8) is 0 Å². The fourth-order valence-corrected chi connectivity index (χ4v) is 4.01. The number of nitrogen functional groups attached to an aromatic ring is 1. The van der Waals surface area contributed by atoms with Gasteiger partial charge in [-0.15, -0.1) is 0 Å². The second kappa shape index (κ2) is 7.09. The third kappa shape index (κ3) is 3.02. The Balaban J connectivity index is 1.95. The highest BCUT2D eigenvalue weighted by Gasteiger charge is 2.27. The lowest BCUT2D eigenvalue weighted by molar-refractivity contribution is 0.0650. The van der Waals surface area contributed by atoms with Crippen molar-refractivity contribution in [3.05, 3.63) is 46.4 Å². The summed E-state index contributed by atoms with van der Waals surface area (Å²) in [5.74, 6) is 1.35. The number of aromatic nitrogens is 3. The lowest BCUT2D eigenvalue weighted by atomic mass is 9.90. The number of halogens is 1. The molecule has 7 heteroatoms. The molecule has 3 aromatic rings. The Labute approximate surface area is 169 Å². The molecule has 1 saturated heterocycles. The summed E-state index contributed by atoms with van der Waals surface area (Å²) in [7, 11) is 0. The van der Waals surface area contributed by atoms with Crippen molar-refractivity contribution in [3.8, 4) is 5.82 Å². The van der Waals surface area contributed by atoms with Gasteiger partial charge in [-0.2, -0.15) is 0 Å². The molecule has 2 aromatic heterocycles. The van der Waals surface area contributed by atoms with Crippen LogP contribution < -0.4 is 5.73 Å². The molecule has 3 heterocycles. The number of hydrogen-bond donors (Lipinski definition) is 1. The summed E-state index contributed by atoms with van der Waals surface area (Å²) >= 11 is 6.37. The summed E-state index contributed by atoms with van der Waals surface area (Å²) in [5, 5.41) is 1.38. The monoisotopic (exact) mass is 397 g/mol. The number of nitrogens with zero attached hydrogens (tertiary/aromatic N) is 4. The standard InChI is InChI=1S/C21H24ClN5O/c1-12(2)9-15-14-5-8-27(20-18(22)19(23)24-11-25-20)16(14)10-13(3)17(15)21(28)26-6-4-7-26/h5,8,10-12H,4,6-7,9H2,1-3H3,(H2,23,24,25). The first kappa shape index (κ1) is 18.7. The minimum absolute atomic E-state index is 0.137. The number of anilines is 1. The van der Waals surface area contributed by atoms with E-state index in [-0.39, 0.29) is 11.7 Å². The van der Waals surface area contributed by atoms with Gasteiger partial charge in [0, 0.05) is 30.2 Å². The highest BCUT2D eigenvalue weighted by Crippen LogP contribution is 2.33. The topological polar surface area (TPSA) is 77.0 Å². The number of likely N-dealkylation sites (tertiary alicyclic amines) is 1. The highest BCUT2D eigenvalue weighted by molar-refractivity contribution is 6.34. The number of nitrogens with two attached hydrogens (primary N) is 1. The van der Waals surface area contributed by atoms with E-state index < -0.39 is 0 Å². The molecule has 0 spiro atoms. The van der Waals surface area contributed by atoms with Crippen molar-refractivity contribution in [1.29, 1.82) is 0 Å². The molecular weight excluding hydrogens is 374 g/mol. The second-order valence-corrected chi connectivity index (χ2v) is 8.18. The fourth-order valence-electron chi connectivity index (χ4n) is 3.82. The first-order valence-electron chi connectivity index (χ1n) is 9.57. The normalized spacial score (nSPS) is 14.0. The van der Waals surface area contributed by atoms with Gasteiger partial charge in [0.25, 0.3) is 5.91 Å². The number of carbonyl (C=O) groups is 1. The molecule has 0 bridgehead atoms. The molecule has 0 unspecified atom stereocenters. The maximum atomic E-state index is 13.1. The largest absolute Gasteiger partial charge is 0.382 e. The Hall–Kier alpha value is -2.60. The van der Waals surface area contributed by atoms with Crippen LogP contribution in [0.15, 0.2) is 24.7 Å². The summed E-state index contributed by atoms with van der Waals surface area (Å²) in [6, 6.07) is 4.08. The predicted molar refractivity (Wildman–Crippen MR) is 112 cm³/mol. The molecular formula is C21H24ClN5O. The third-order valence-corrected chi connectivity index (χ3v) is 5.66. The lowest BCUT2D eigenvalue weighted by Crippen LogP contribution is -2.42. The van der Waals surface area contributed by atoms with Crippen LogP contribution in [0.5, 0.6) is 0 Å². The minimum Gasteiger partial charge on any atom is -0.382 e. The maximum Gasteiger partial charge on any atom is 0.254 e. The van der Waals surface area contributed by atoms with Gasteiger partial charge in [0.2, 0.25) is 0 Å². The Morgan fingerprint density at radius 1 is 1.32 bits per heavy atom. The van der Waals surface area contributed by atoms with Crippen molar-refractivity contribution in [1.82, 2.24) is 19.4 Å². The van der Waals surface area contributed by atoms with Crippen LogP contribution in [0, 0.1) is 12.8 Å². The minimum atomic E-state index is 0.137. The van der Waals surface area contributed by atoms with Gasteiger partial charge >= 0.3 is 0 Å². The van der Waals surface area contributed by atoms with Crippen LogP contribution in [0.4, 0.5) is 5.82 Å². The van der Waals surface area contributed by atoms with Gasteiger partial charge < -0.3 is 10.6 Å². The smallest absolute Gasteiger partial charge is 0.254 e. The zero-order chi connectivity index (χ0) is 20.0. The molecule has 146 valence electrons. The number of amides is 1. The molecule has 1 aliphatic heterocycles. The summed E-state index contributed by atoms with van der Waals surface area (Å²) in [4.78, 5) is 23.3. The van der Waals surface area contributed by atoms with Crippen molar-refractivity contribution in [2.45, 2.75) is 33.6 Å². The van der Waals surface area contributed by atoms with Crippen LogP contribution in [0.3, 0.4) is 0 Å². The molecule has 1 aliphatic rings. The summed E-state index contributed by atoms with van der Waals surface area (Å²) in [5.41, 5.74) is 9.74. The molecule has 6 nitrogen and oxygen atoms in total. The molecule has 1 amide bonds. The van der Waals surface area contributed by atoms with E-state index in [4.69, 9.17) is 17.3 Å². The molecule has 0 atom stereocenters. The first-order valence-corrected chi connectivity index (χ1v) is 9.95. The van der Waals surface area contributed by atoms with Crippen LogP contribution in [0.1, 0.15) is 41.8 Å². The van der Waals surface area contributed by atoms with E-state index in [2.05, 4.69) is 23.8 Å². The molecule has 1 fully saturated rings. The van der Waals surface area contributed by atoms with Crippen LogP contribution in [-0.2, 0) is 6.42 Å². The Morgan fingerprint density at radius 3 is 2.71 bits per heavy atom. The molecule has 2 N–H and O–H groups in total. The molecule has 0 saturated carbocycles. The van der Waals surface area contributed by atoms with Gasteiger partial charge in [-0.25, -0.2) is 9.97 Å². The summed E-state index contributed by atoms with van der Waals surface area (Å²) in [6.07, 6.45) is 5.25. The average molecular weight is 398 g/mol. The molecule has 4 rings (SSSR count). The van der Waals surface area contributed by atoms with Gasteiger partial charge in [0.1, 0.15) is 17.2 Å². The number of rotatable bonds is 4. The summed E-state index contributed by atoms with van der Waals surface area (Å²) < 4.78 is 1.92. The number of fused-ring (bicyclic) bond motifs is 1. The van der Waals surface area contributed by atoms with E-state index in [0.717, 1.165) is 53.5 Å². The number of benzene rings is 1. The Kier molecular flexibility index (Phi) is 4.75. The zero-order valence-corrected chi connectivity index (χ0v) is 17.1. The highest BCUT2D eigenvalue weighted by atomic mass is 35.5. The number of hydrogen-bond acceptors (Lipinski definition) is 4. The molecule has 0 aliphatic carbocycles. The van der Waals surface area contributed by atoms with Gasteiger partial charge in [-0.1, -0.05) is 25.4 Å². The van der Waals surface area contributed by atoms with E-state index >= 15 is 0 Å². The van der Waals surface area contributed by atoms with Gasteiger partial charge in [-0.3, -0.25) is 9.36 Å². The van der Waals surface area contributed by atoms with Crippen LogP contribution in [0.2, 0.25) is 5.02 Å². The Bertz CT molecular complexity index is 1070. The summed E-state index contributed by atoms with van der Waals surface area (Å²) in [6.45, 7) is 8.03. The molecule has 0 radical (unpaired) electrons. The van der Waals surface area contributed by atoms with Crippen LogP contribution in [0.25, 0.3) is 16.7 Å². The lowest BCUT2D eigenvalue weighted by Gasteiger charge is -2.32. The zero-order valence-electron chi connectivity index (χ0n) is 16.4. The van der Waals surface area contributed by atoms with Crippen molar-refractivity contribution < 1.29 is 4.79 Å². The van der Waals surface area contributed by atoms with E-state index in [1.165, 1.54) is 6.33 Å². The quantitative estimate of drug-likeness (QED) is 0.721. The van der Waals surface area contributed by atoms with Crippen molar-refractivity contribution in [2.24, 2.45) is 5.92 Å². The maximum absolute atomic E-state index is 13.1. The van der Waals surface area contributed by atoms with Gasteiger partial charge in [-0.05, 0) is 48.9 Å². The SMILES string of the molecule is Cc1cc2c(ccn2-c2ncnc(N)c2Cl)c(CC(C)C)c1C(=O)N1CCC1. The van der Waals surface area contributed by atoms with Gasteiger partial charge in [0.05, 0.1) is 5.52 Å². The van der Waals surface area contributed by atoms with E-state index in [9.17, 15) is 4.79 Å². The first-order chi connectivity index (χ1) is 13.4. The Morgan fingerprint density at radius 2 is 2.07 bits per heavy atom. The van der Waals surface area contributed by atoms with Crippen molar-refractivity contribution in [2.75, 3.05) is 18.8 Å². The van der Waals surface area contributed by atoms with Crippen molar-refractivity contribution >= 4 is 34.2 Å². The van der Waals surface area contributed by atoms with E-state index in [1.54, 1.807) is 0 Å². The fraction of sp³-hybridized carbons (Fsp3) is 0.381. The van der Waals surface area contributed by atoms with Crippen LogP contribution in [-0.4, -0.2) is 38.4 Å². The molecule has 28 heavy (non-hydrogen) atoms. The second-order valence-electron chi connectivity index (χ2n) is 7.81. The number of aryl methyl sites for hydroxylation is 1.